The molecule has 1 aromatic heterocycles. The number of hydrogen-bond acceptors (Lipinski definition) is 2. The molecular formula is C18H27N3O. The van der Waals surface area contributed by atoms with Gasteiger partial charge in [0.15, 0.2) is 5.96 Å². The maximum Gasteiger partial charge on any atom is 0.194 e. The van der Waals surface area contributed by atoms with Crippen molar-refractivity contribution in [2.75, 3.05) is 19.6 Å². The Labute approximate surface area is 133 Å². The molecule has 4 nitrogen and oxygen atoms in total. The molecule has 0 spiro atoms. The summed E-state index contributed by atoms with van der Waals surface area (Å²) < 4.78 is 5.41. The Morgan fingerprint density at radius 1 is 1.18 bits per heavy atom. The zero-order chi connectivity index (χ0) is 14.8. The van der Waals surface area contributed by atoms with Crippen LogP contribution < -0.4 is 5.32 Å². The maximum atomic E-state index is 5.41. The Balaban J connectivity index is 1.39. The Kier molecular flexibility index (Phi) is 4.09. The van der Waals surface area contributed by atoms with Crippen LogP contribution in [-0.4, -0.2) is 36.5 Å². The third-order valence-corrected chi connectivity index (χ3v) is 5.39. The third kappa shape index (κ3) is 3.31. The molecule has 2 saturated carbocycles. The third-order valence-electron chi connectivity index (χ3n) is 5.39. The molecular weight excluding hydrogens is 274 g/mol. The monoisotopic (exact) mass is 301 g/mol. The fourth-order valence-corrected chi connectivity index (χ4v) is 3.95. The highest BCUT2D eigenvalue weighted by atomic mass is 16.3. The molecule has 2 atom stereocenters. The second-order valence-electron chi connectivity index (χ2n) is 7.16. The van der Waals surface area contributed by atoms with Crippen molar-refractivity contribution in [1.82, 2.24) is 10.2 Å². The molecule has 22 heavy (non-hydrogen) atoms. The Hall–Kier alpha value is -1.45. The van der Waals surface area contributed by atoms with E-state index >= 15 is 0 Å². The van der Waals surface area contributed by atoms with Crippen LogP contribution in [0, 0.1) is 11.8 Å². The minimum Gasteiger partial charge on any atom is -0.469 e. The molecule has 2 unspecified atom stereocenters. The lowest BCUT2D eigenvalue weighted by Gasteiger charge is -2.22. The summed E-state index contributed by atoms with van der Waals surface area (Å²) in [7, 11) is 0. The molecule has 120 valence electrons. The first-order valence-electron chi connectivity index (χ1n) is 8.97. The largest absolute Gasteiger partial charge is 0.469 e. The van der Waals surface area contributed by atoms with E-state index in [2.05, 4.69) is 10.2 Å². The average molecular weight is 301 g/mol. The summed E-state index contributed by atoms with van der Waals surface area (Å²) in [6, 6.07) is 4.66. The van der Waals surface area contributed by atoms with Crippen LogP contribution in [0.15, 0.2) is 27.8 Å². The molecule has 2 heterocycles. The lowest BCUT2D eigenvalue weighted by atomic mass is 9.82. The maximum absolute atomic E-state index is 5.41. The summed E-state index contributed by atoms with van der Waals surface area (Å²) in [5.74, 6) is 4.00. The fourth-order valence-electron chi connectivity index (χ4n) is 3.95. The van der Waals surface area contributed by atoms with E-state index in [0.29, 0.717) is 6.04 Å². The number of nitrogens with zero attached hydrogens (tertiary/aromatic N) is 2. The second kappa shape index (κ2) is 6.35. The lowest BCUT2D eigenvalue weighted by molar-refractivity contribution is 0.299. The van der Waals surface area contributed by atoms with Crippen LogP contribution >= 0.6 is 0 Å². The van der Waals surface area contributed by atoms with Gasteiger partial charge in [-0.1, -0.05) is 12.8 Å². The molecule has 0 radical (unpaired) electrons. The van der Waals surface area contributed by atoms with E-state index in [-0.39, 0.29) is 0 Å². The standard InChI is InChI=1S/C18H27N3O/c1-2-5-15-13-21(12-14(15)4-1)18(20-16-7-8-16)19-10-9-17-6-3-11-22-17/h3,6,11,14-16H,1-2,4-5,7-10,12-13H2,(H,19,20). The van der Waals surface area contributed by atoms with Crippen LogP contribution in [0.25, 0.3) is 0 Å². The molecule has 0 amide bonds. The van der Waals surface area contributed by atoms with Crippen molar-refractivity contribution in [3.8, 4) is 0 Å². The van der Waals surface area contributed by atoms with Crippen molar-refractivity contribution in [3.05, 3.63) is 24.2 Å². The van der Waals surface area contributed by atoms with E-state index in [9.17, 15) is 0 Å². The zero-order valence-corrected chi connectivity index (χ0v) is 13.3. The lowest BCUT2D eigenvalue weighted by Crippen LogP contribution is -2.41. The van der Waals surface area contributed by atoms with Gasteiger partial charge in [-0.05, 0) is 49.7 Å². The van der Waals surface area contributed by atoms with Gasteiger partial charge in [0.1, 0.15) is 5.76 Å². The smallest absolute Gasteiger partial charge is 0.194 e. The van der Waals surface area contributed by atoms with Crippen LogP contribution in [0.1, 0.15) is 44.3 Å². The van der Waals surface area contributed by atoms with Crippen molar-refractivity contribution in [3.63, 3.8) is 0 Å². The van der Waals surface area contributed by atoms with Crippen LogP contribution in [0.3, 0.4) is 0 Å². The Morgan fingerprint density at radius 2 is 1.95 bits per heavy atom. The Morgan fingerprint density at radius 3 is 2.59 bits per heavy atom. The van der Waals surface area contributed by atoms with Gasteiger partial charge in [-0.15, -0.1) is 0 Å². The number of furan rings is 1. The molecule has 1 N–H and O–H groups in total. The number of rotatable bonds is 4. The SMILES string of the molecule is c1coc(CCN=C(NC2CC2)N2CC3CCCCC3C2)c1. The van der Waals surface area contributed by atoms with Crippen molar-refractivity contribution in [2.45, 2.75) is 51.0 Å². The normalized spacial score (nSPS) is 28.7. The van der Waals surface area contributed by atoms with Crippen molar-refractivity contribution in [2.24, 2.45) is 16.8 Å². The van der Waals surface area contributed by atoms with E-state index in [4.69, 9.17) is 9.41 Å². The van der Waals surface area contributed by atoms with Gasteiger partial charge >= 0.3 is 0 Å². The molecule has 1 saturated heterocycles. The molecule has 0 aromatic carbocycles. The molecule has 1 aromatic rings. The topological polar surface area (TPSA) is 40.8 Å². The van der Waals surface area contributed by atoms with Gasteiger partial charge in [-0.25, -0.2) is 0 Å². The van der Waals surface area contributed by atoms with Crippen molar-refractivity contribution >= 4 is 5.96 Å². The molecule has 1 aliphatic heterocycles. The van der Waals surface area contributed by atoms with Crippen molar-refractivity contribution < 1.29 is 4.42 Å². The predicted octanol–water partition coefficient (Wildman–Crippen LogP) is 3.05. The molecule has 4 heteroatoms. The first-order valence-corrected chi connectivity index (χ1v) is 8.97. The highest BCUT2D eigenvalue weighted by molar-refractivity contribution is 5.81. The molecule has 4 rings (SSSR count). The highest BCUT2D eigenvalue weighted by Crippen LogP contribution is 2.36. The number of hydrogen-bond donors (Lipinski definition) is 1. The summed E-state index contributed by atoms with van der Waals surface area (Å²) in [5.41, 5.74) is 0. The summed E-state index contributed by atoms with van der Waals surface area (Å²) in [6.45, 7) is 3.24. The van der Waals surface area contributed by atoms with Gasteiger partial charge in [0.25, 0.3) is 0 Å². The highest BCUT2D eigenvalue weighted by Gasteiger charge is 2.36. The van der Waals surface area contributed by atoms with E-state index in [0.717, 1.165) is 36.5 Å². The van der Waals surface area contributed by atoms with Gasteiger partial charge in [-0.2, -0.15) is 0 Å². The van der Waals surface area contributed by atoms with Gasteiger partial charge in [-0.3, -0.25) is 4.99 Å². The van der Waals surface area contributed by atoms with Crippen LogP contribution in [0.5, 0.6) is 0 Å². The number of nitrogens with one attached hydrogen (secondary N) is 1. The quantitative estimate of drug-likeness (QED) is 0.686. The fraction of sp³-hybridized carbons (Fsp3) is 0.722. The Bertz CT molecular complexity index is 492. The minimum atomic E-state index is 0.671. The van der Waals surface area contributed by atoms with E-state index < -0.39 is 0 Å². The predicted molar refractivity (Wildman–Crippen MR) is 87.9 cm³/mol. The summed E-state index contributed by atoms with van der Waals surface area (Å²) in [6.07, 6.45) is 10.9. The molecule has 0 bridgehead atoms. The molecule has 2 aliphatic carbocycles. The minimum absolute atomic E-state index is 0.671. The van der Waals surface area contributed by atoms with Crippen LogP contribution in [0.2, 0.25) is 0 Å². The first kappa shape index (κ1) is 14.2. The van der Waals surface area contributed by atoms with E-state index in [1.165, 1.54) is 51.6 Å². The number of aliphatic imine (C=N–C) groups is 1. The second-order valence-corrected chi connectivity index (χ2v) is 7.16. The summed E-state index contributed by atoms with van der Waals surface area (Å²) in [4.78, 5) is 7.42. The molecule has 3 aliphatic rings. The van der Waals surface area contributed by atoms with E-state index in [1.807, 2.05) is 12.1 Å². The average Bonchev–Trinajstić information content (AvgIpc) is 3.03. The molecule has 3 fully saturated rings. The van der Waals surface area contributed by atoms with E-state index in [1.54, 1.807) is 6.26 Å². The van der Waals surface area contributed by atoms with Crippen molar-refractivity contribution in [1.29, 1.82) is 0 Å². The number of likely N-dealkylation sites (tertiary alicyclic amines) is 1. The van der Waals surface area contributed by atoms with Gasteiger partial charge in [0, 0.05) is 32.1 Å². The summed E-state index contributed by atoms with van der Waals surface area (Å²) >= 11 is 0. The van der Waals surface area contributed by atoms with Crippen LogP contribution in [-0.2, 0) is 6.42 Å². The number of guanidine groups is 1. The van der Waals surface area contributed by atoms with Gasteiger partial charge in [0.05, 0.1) is 6.26 Å². The van der Waals surface area contributed by atoms with Crippen LogP contribution in [0.4, 0.5) is 0 Å². The van der Waals surface area contributed by atoms with Gasteiger partial charge in [0.2, 0.25) is 0 Å². The zero-order valence-electron chi connectivity index (χ0n) is 13.3. The summed E-state index contributed by atoms with van der Waals surface area (Å²) in [5, 5.41) is 3.67. The van der Waals surface area contributed by atoms with Gasteiger partial charge < -0.3 is 14.6 Å². The number of fused-ring (bicyclic) bond motifs is 1. The first-order chi connectivity index (χ1) is 10.9.